The summed E-state index contributed by atoms with van der Waals surface area (Å²) in [7, 11) is 3.72. The molecular weight excluding hydrogens is 838 g/mol. The molecule has 7 heterocycles. The lowest BCUT2D eigenvalue weighted by Crippen LogP contribution is -2.49. The van der Waals surface area contributed by atoms with E-state index in [1.165, 1.54) is 18.2 Å². The Kier molecular flexibility index (Phi) is 12.7. The number of carbonyl (C=O) groups is 3. The predicted molar refractivity (Wildman–Crippen MR) is 243 cm³/mol. The number of piperazine rings is 1. The Balaban J connectivity index is 0.739. The highest BCUT2D eigenvalue weighted by molar-refractivity contribution is 6.01. The molecule has 342 valence electrons. The summed E-state index contributed by atoms with van der Waals surface area (Å²) >= 11 is 0. The molecule has 3 N–H and O–H groups in total. The van der Waals surface area contributed by atoms with Gasteiger partial charge in [-0.25, -0.2) is 18.2 Å². The van der Waals surface area contributed by atoms with Crippen molar-refractivity contribution in [2.24, 2.45) is 13.0 Å². The molecule has 1 unspecified atom stereocenters. The molecule has 3 amide bonds. The fraction of sp³-hybridized carbons (Fsp3) is 0.438. The van der Waals surface area contributed by atoms with E-state index in [0.29, 0.717) is 82.4 Å². The highest BCUT2D eigenvalue weighted by Gasteiger charge is 2.32. The molecule has 4 aliphatic heterocycles. The van der Waals surface area contributed by atoms with Crippen LogP contribution < -0.4 is 26.4 Å². The minimum Gasteiger partial charge on any atom is -0.388 e. The third kappa shape index (κ3) is 9.34. The van der Waals surface area contributed by atoms with E-state index < -0.39 is 23.6 Å². The molecule has 2 aromatic carbocycles. The number of hydrogen-bond donors (Lipinski definition) is 3. The molecular formula is C48H55F3N10O4. The van der Waals surface area contributed by atoms with Crippen LogP contribution in [0.4, 0.5) is 30.2 Å². The average Bonchev–Trinajstić information content (AvgIpc) is 3.62. The van der Waals surface area contributed by atoms with Gasteiger partial charge in [-0.2, -0.15) is 0 Å². The normalized spacial score (nSPS) is 19.5. The van der Waals surface area contributed by atoms with Crippen molar-refractivity contribution >= 4 is 45.8 Å². The van der Waals surface area contributed by atoms with E-state index in [9.17, 15) is 19.2 Å². The lowest BCUT2D eigenvalue weighted by atomic mass is 9.87. The van der Waals surface area contributed by atoms with Gasteiger partial charge < -0.3 is 25.0 Å². The molecule has 0 spiro atoms. The molecule has 4 fully saturated rings. The van der Waals surface area contributed by atoms with Gasteiger partial charge in [0.15, 0.2) is 0 Å². The Labute approximate surface area is 375 Å². The summed E-state index contributed by atoms with van der Waals surface area (Å²) in [4.78, 5) is 63.0. The Morgan fingerprint density at radius 1 is 0.785 bits per heavy atom. The maximum atomic E-state index is 15.8. The number of aromatic nitrogens is 3. The van der Waals surface area contributed by atoms with Crippen molar-refractivity contribution in [3.63, 3.8) is 0 Å². The number of nitrogens with zero attached hydrogens (tertiary/aromatic N) is 7. The number of carbonyl (C=O) groups excluding carboxylic acids is 3. The van der Waals surface area contributed by atoms with Gasteiger partial charge >= 0.3 is 0 Å². The van der Waals surface area contributed by atoms with E-state index in [2.05, 4.69) is 36.8 Å². The molecule has 0 saturated carbocycles. The van der Waals surface area contributed by atoms with Crippen LogP contribution in [-0.2, 0) is 23.2 Å². The lowest BCUT2D eigenvalue weighted by molar-refractivity contribution is -0.133. The number of aryl methyl sites for hydroxylation is 1. The second-order valence-electron chi connectivity index (χ2n) is 17.9. The van der Waals surface area contributed by atoms with E-state index in [0.717, 1.165) is 60.6 Å². The van der Waals surface area contributed by atoms with Crippen molar-refractivity contribution in [3.05, 3.63) is 112 Å². The highest BCUT2D eigenvalue weighted by Crippen LogP contribution is 2.35. The predicted octanol–water partition coefficient (Wildman–Crippen LogP) is 5.45. The van der Waals surface area contributed by atoms with Crippen LogP contribution in [0.5, 0.6) is 0 Å². The first-order valence-corrected chi connectivity index (χ1v) is 22.6. The number of likely N-dealkylation sites (tertiary alicyclic amines) is 2. The smallest absolute Gasteiger partial charge is 0.257 e. The summed E-state index contributed by atoms with van der Waals surface area (Å²) in [5.74, 6) is -2.74. The summed E-state index contributed by atoms with van der Waals surface area (Å²) in [6.45, 7) is 6.61. The van der Waals surface area contributed by atoms with Crippen molar-refractivity contribution in [1.82, 2.24) is 34.1 Å². The van der Waals surface area contributed by atoms with Gasteiger partial charge in [0.1, 0.15) is 29.1 Å². The lowest BCUT2D eigenvalue weighted by Gasteiger charge is -2.39. The number of halogens is 3. The van der Waals surface area contributed by atoms with Crippen LogP contribution in [0.15, 0.2) is 71.8 Å². The molecule has 65 heavy (non-hydrogen) atoms. The van der Waals surface area contributed by atoms with E-state index in [-0.39, 0.29) is 46.7 Å². The third-order valence-corrected chi connectivity index (χ3v) is 13.8. The zero-order valence-electron chi connectivity index (χ0n) is 36.8. The van der Waals surface area contributed by atoms with Crippen LogP contribution in [0.2, 0.25) is 0 Å². The number of hydrogen-bond acceptors (Lipinski definition) is 10. The highest BCUT2D eigenvalue weighted by atomic mass is 19.1. The van der Waals surface area contributed by atoms with Gasteiger partial charge in [0.25, 0.3) is 11.5 Å². The van der Waals surface area contributed by atoms with E-state index in [1.807, 2.05) is 28.6 Å². The maximum Gasteiger partial charge on any atom is 0.257 e. The molecule has 0 bridgehead atoms. The summed E-state index contributed by atoms with van der Waals surface area (Å²) < 4.78 is 50.4. The van der Waals surface area contributed by atoms with Crippen LogP contribution in [-0.4, -0.2) is 119 Å². The van der Waals surface area contributed by atoms with Crippen LogP contribution >= 0.6 is 0 Å². The van der Waals surface area contributed by atoms with Crippen LogP contribution in [0, 0.1) is 23.4 Å². The number of imide groups is 1. The number of pyridine rings is 2. The molecule has 9 rings (SSSR count). The second-order valence-corrected chi connectivity index (χ2v) is 17.9. The number of anilines is 3. The minimum atomic E-state index is -0.675. The van der Waals surface area contributed by atoms with Gasteiger partial charge in [0.05, 0.1) is 11.4 Å². The first-order valence-electron chi connectivity index (χ1n) is 22.6. The fourth-order valence-electron chi connectivity index (χ4n) is 10.1. The number of benzene rings is 2. The van der Waals surface area contributed by atoms with Gasteiger partial charge in [-0.05, 0) is 106 Å². The van der Waals surface area contributed by atoms with Crippen LogP contribution in [0.1, 0.15) is 66.1 Å². The molecule has 0 aliphatic carbocycles. The van der Waals surface area contributed by atoms with Gasteiger partial charge in [0, 0.05) is 125 Å². The fourth-order valence-corrected chi connectivity index (χ4v) is 10.1. The Hall–Kier alpha value is -6.20. The Morgan fingerprint density at radius 3 is 2.20 bits per heavy atom. The molecule has 0 radical (unpaired) electrons. The van der Waals surface area contributed by atoms with E-state index >= 15 is 13.2 Å². The van der Waals surface area contributed by atoms with Crippen LogP contribution in [0.3, 0.4) is 0 Å². The molecule has 14 nitrogen and oxygen atoms in total. The molecule has 17 heteroatoms. The van der Waals surface area contributed by atoms with Gasteiger partial charge in [-0.3, -0.25) is 38.9 Å². The standard InChI is InChI=1S/C48H55F3N10O4/c1-52-33-12-18-61(44(63)26-33)41-7-13-53-46-36(41)27-35(56(46)2)29-57-14-10-31(11-15-57)45-38(50)23-32(24-39(45)51)48(65)60-16-8-30(9-17-60)28-58-19-21-59(22-20-58)42-5-3-34(25-37(42)49)54-40-4-6-43(62)55-47(40)64/h3,5,7,12-13,18,23-27,30-31,40,52,54H,4,6,8-11,14-17,19-22,28-29H2,1-2H3,(H,55,62,64). The molecule has 3 aromatic heterocycles. The van der Waals surface area contributed by atoms with Crippen molar-refractivity contribution in [1.29, 1.82) is 0 Å². The number of fused-ring (bicyclic) bond motifs is 1. The summed E-state index contributed by atoms with van der Waals surface area (Å²) in [5.41, 5.74) is 4.18. The third-order valence-electron chi connectivity index (χ3n) is 13.8. The zero-order chi connectivity index (χ0) is 45.4. The Morgan fingerprint density at radius 2 is 1.52 bits per heavy atom. The molecule has 4 aliphatic rings. The first-order chi connectivity index (χ1) is 31.4. The SMILES string of the molecule is CNc1ccn(-c2ccnc3c2cc(CN2CCC(c4c(F)cc(C(=O)N5CCC(CN6CCN(c7ccc(NC8CCC(=O)NC8=O)cc7F)CC6)CC5)cc4F)CC2)n3C)c(=O)c1. The van der Waals surface area contributed by atoms with Crippen molar-refractivity contribution in [2.75, 3.05) is 81.5 Å². The van der Waals surface area contributed by atoms with Crippen molar-refractivity contribution in [3.8, 4) is 5.69 Å². The summed E-state index contributed by atoms with van der Waals surface area (Å²) in [6.07, 6.45) is 6.75. The first kappa shape index (κ1) is 44.0. The zero-order valence-corrected chi connectivity index (χ0v) is 36.8. The quantitative estimate of drug-likeness (QED) is 0.147. The minimum absolute atomic E-state index is 0.0340. The van der Waals surface area contributed by atoms with Crippen molar-refractivity contribution in [2.45, 2.75) is 57.0 Å². The number of amides is 3. The van der Waals surface area contributed by atoms with Gasteiger partial charge in [-0.15, -0.1) is 0 Å². The Bertz CT molecular complexity index is 2640. The van der Waals surface area contributed by atoms with Crippen molar-refractivity contribution < 1.29 is 27.6 Å². The second kappa shape index (κ2) is 18.7. The van der Waals surface area contributed by atoms with Gasteiger partial charge in [-0.1, -0.05) is 0 Å². The van der Waals surface area contributed by atoms with Gasteiger partial charge in [0.2, 0.25) is 11.8 Å². The van der Waals surface area contributed by atoms with Crippen LogP contribution in [0.25, 0.3) is 16.7 Å². The van der Waals surface area contributed by atoms with E-state index in [4.69, 9.17) is 0 Å². The number of piperidine rings is 3. The number of rotatable bonds is 11. The van der Waals surface area contributed by atoms with E-state index in [1.54, 1.807) is 47.1 Å². The number of nitrogens with one attached hydrogen (secondary N) is 3. The molecule has 1 atom stereocenters. The topological polar surface area (TPSA) is 140 Å². The molecule has 4 saturated heterocycles. The molecule has 5 aromatic rings. The maximum absolute atomic E-state index is 15.8. The largest absolute Gasteiger partial charge is 0.388 e. The summed E-state index contributed by atoms with van der Waals surface area (Å²) in [5, 5.41) is 9.19. The summed E-state index contributed by atoms with van der Waals surface area (Å²) in [6, 6.07) is 14.0. The monoisotopic (exact) mass is 892 g/mol. The average molecular weight is 893 g/mol.